The number of aliphatic carboxylic acids is 1. The number of hydrogen-bond donors (Lipinski definition) is 2. The van der Waals surface area contributed by atoms with Crippen LogP contribution in [0.15, 0.2) is 23.1 Å². The van der Waals surface area contributed by atoms with E-state index in [9.17, 15) is 9.59 Å². The third-order valence-corrected chi connectivity index (χ3v) is 3.29. The van der Waals surface area contributed by atoms with Crippen molar-refractivity contribution in [3.63, 3.8) is 0 Å². The summed E-state index contributed by atoms with van der Waals surface area (Å²) >= 11 is 1.41. The van der Waals surface area contributed by atoms with Crippen LogP contribution in [0.5, 0.6) is 0 Å². The molecule has 1 aromatic rings. The molecule has 1 atom stereocenters. The first-order valence-corrected chi connectivity index (χ1v) is 6.60. The number of rotatable bonds is 5. The van der Waals surface area contributed by atoms with E-state index in [2.05, 4.69) is 11.4 Å². The fraction of sp³-hybridized carbons (Fsp3) is 0.385. The molecular weight excluding hydrogens is 250 g/mol. The van der Waals surface area contributed by atoms with Crippen molar-refractivity contribution in [2.45, 2.75) is 31.7 Å². The number of carbonyl (C=O) groups excluding carboxylic acids is 1. The van der Waals surface area contributed by atoms with E-state index in [1.165, 1.54) is 18.7 Å². The average Bonchev–Trinajstić information content (AvgIpc) is 2.25. The maximum Gasteiger partial charge on any atom is 0.325 e. The molecule has 4 nitrogen and oxygen atoms in total. The highest BCUT2D eigenvalue weighted by Crippen LogP contribution is 2.20. The first-order valence-electron chi connectivity index (χ1n) is 5.61. The molecule has 98 valence electrons. The van der Waals surface area contributed by atoms with Gasteiger partial charge in [0.25, 0.3) is 0 Å². The molecule has 5 heteroatoms. The van der Waals surface area contributed by atoms with Crippen LogP contribution in [-0.2, 0) is 9.59 Å². The molecule has 0 radical (unpaired) electrons. The number of amides is 1. The van der Waals surface area contributed by atoms with Gasteiger partial charge in [-0.2, -0.15) is 0 Å². The summed E-state index contributed by atoms with van der Waals surface area (Å²) < 4.78 is 0. The summed E-state index contributed by atoms with van der Waals surface area (Å²) in [5, 5.41) is 11.1. The van der Waals surface area contributed by atoms with Gasteiger partial charge in [0.1, 0.15) is 6.04 Å². The molecule has 0 aromatic heterocycles. The molecule has 0 saturated heterocycles. The number of aryl methyl sites for hydroxylation is 2. The van der Waals surface area contributed by atoms with E-state index in [-0.39, 0.29) is 11.7 Å². The Balaban J connectivity index is 2.50. The lowest BCUT2D eigenvalue weighted by atomic mass is 10.2. The van der Waals surface area contributed by atoms with Crippen molar-refractivity contribution in [1.82, 2.24) is 5.32 Å². The molecule has 0 aliphatic carbocycles. The van der Waals surface area contributed by atoms with Gasteiger partial charge in [0.05, 0.1) is 5.75 Å². The fourth-order valence-electron chi connectivity index (χ4n) is 1.51. The number of carbonyl (C=O) groups is 2. The predicted molar refractivity (Wildman–Crippen MR) is 71.9 cm³/mol. The lowest BCUT2D eigenvalue weighted by Gasteiger charge is -2.09. The second-order valence-electron chi connectivity index (χ2n) is 4.24. The van der Waals surface area contributed by atoms with Gasteiger partial charge in [0.2, 0.25) is 5.91 Å². The third-order valence-electron chi connectivity index (χ3n) is 2.31. The van der Waals surface area contributed by atoms with Crippen LogP contribution in [0.25, 0.3) is 0 Å². The van der Waals surface area contributed by atoms with E-state index < -0.39 is 12.0 Å². The molecule has 0 saturated carbocycles. The normalized spacial score (nSPS) is 11.9. The highest BCUT2D eigenvalue weighted by molar-refractivity contribution is 8.00. The van der Waals surface area contributed by atoms with Gasteiger partial charge in [-0.15, -0.1) is 11.8 Å². The van der Waals surface area contributed by atoms with Gasteiger partial charge in [-0.25, -0.2) is 0 Å². The Morgan fingerprint density at radius 2 is 1.83 bits per heavy atom. The summed E-state index contributed by atoms with van der Waals surface area (Å²) in [6.07, 6.45) is 0. The van der Waals surface area contributed by atoms with Crippen LogP contribution < -0.4 is 5.32 Å². The minimum atomic E-state index is -1.03. The van der Waals surface area contributed by atoms with E-state index in [0.29, 0.717) is 0 Å². The van der Waals surface area contributed by atoms with Gasteiger partial charge in [-0.3, -0.25) is 9.59 Å². The largest absolute Gasteiger partial charge is 0.480 e. The Labute approximate surface area is 111 Å². The van der Waals surface area contributed by atoms with Crippen molar-refractivity contribution in [2.24, 2.45) is 0 Å². The van der Waals surface area contributed by atoms with E-state index in [0.717, 1.165) is 16.0 Å². The first kappa shape index (κ1) is 14.6. The topological polar surface area (TPSA) is 66.4 Å². The molecule has 18 heavy (non-hydrogen) atoms. The summed E-state index contributed by atoms with van der Waals surface area (Å²) in [5.74, 6) is -1.07. The van der Waals surface area contributed by atoms with Gasteiger partial charge in [0.15, 0.2) is 0 Å². The standard InChI is InChI=1S/C13H17NO3S/c1-8-4-9(2)6-11(5-8)18-7-12(15)14-10(3)13(16)17/h4-6,10H,7H2,1-3H3,(H,14,15)(H,16,17). The molecule has 1 amide bonds. The van der Waals surface area contributed by atoms with Crippen molar-refractivity contribution in [3.05, 3.63) is 29.3 Å². The monoisotopic (exact) mass is 267 g/mol. The first-order chi connectivity index (χ1) is 8.38. The zero-order valence-electron chi connectivity index (χ0n) is 10.7. The molecule has 2 N–H and O–H groups in total. The minimum Gasteiger partial charge on any atom is -0.480 e. The van der Waals surface area contributed by atoms with Crippen molar-refractivity contribution in [1.29, 1.82) is 0 Å². The quantitative estimate of drug-likeness (QED) is 0.801. The Kier molecular flexibility index (Phi) is 5.22. The summed E-state index contributed by atoms with van der Waals surface area (Å²) in [5.41, 5.74) is 2.30. The van der Waals surface area contributed by atoms with Gasteiger partial charge in [-0.05, 0) is 44.0 Å². The molecule has 1 rings (SSSR count). The molecule has 0 bridgehead atoms. The Morgan fingerprint density at radius 3 is 2.33 bits per heavy atom. The highest BCUT2D eigenvalue weighted by atomic mass is 32.2. The Morgan fingerprint density at radius 1 is 1.28 bits per heavy atom. The molecule has 0 heterocycles. The number of thioether (sulfide) groups is 1. The van der Waals surface area contributed by atoms with E-state index in [1.54, 1.807) is 0 Å². The molecular formula is C13H17NO3S. The van der Waals surface area contributed by atoms with Crippen LogP contribution >= 0.6 is 11.8 Å². The van der Waals surface area contributed by atoms with Crippen LogP contribution in [0.1, 0.15) is 18.1 Å². The van der Waals surface area contributed by atoms with E-state index in [4.69, 9.17) is 5.11 Å². The zero-order valence-corrected chi connectivity index (χ0v) is 11.5. The Bertz CT molecular complexity index is 439. The lowest BCUT2D eigenvalue weighted by Crippen LogP contribution is -2.39. The van der Waals surface area contributed by atoms with Crippen LogP contribution in [0.2, 0.25) is 0 Å². The van der Waals surface area contributed by atoms with Crippen LogP contribution in [-0.4, -0.2) is 28.8 Å². The highest BCUT2D eigenvalue weighted by Gasteiger charge is 2.13. The van der Waals surface area contributed by atoms with Crippen LogP contribution in [0.3, 0.4) is 0 Å². The second-order valence-corrected chi connectivity index (χ2v) is 5.29. The molecule has 0 aliphatic rings. The van der Waals surface area contributed by atoms with Gasteiger partial charge >= 0.3 is 5.97 Å². The van der Waals surface area contributed by atoms with Crippen molar-refractivity contribution in [3.8, 4) is 0 Å². The summed E-state index contributed by atoms with van der Waals surface area (Å²) in [6.45, 7) is 5.45. The van der Waals surface area contributed by atoms with Gasteiger partial charge in [-0.1, -0.05) is 6.07 Å². The smallest absolute Gasteiger partial charge is 0.325 e. The average molecular weight is 267 g/mol. The van der Waals surface area contributed by atoms with Crippen LogP contribution in [0, 0.1) is 13.8 Å². The molecule has 1 unspecified atom stereocenters. The molecule has 1 aromatic carbocycles. The lowest BCUT2D eigenvalue weighted by molar-refractivity contribution is -0.140. The van der Waals surface area contributed by atoms with Gasteiger partial charge < -0.3 is 10.4 Å². The zero-order chi connectivity index (χ0) is 13.7. The number of hydrogen-bond acceptors (Lipinski definition) is 3. The maximum absolute atomic E-state index is 11.5. The van der Waals surface area contributed by atoms with Crippen LogP contribution in [0.4, 0.5) is 0 Å². The third kappa shape index (κ3) is 4.79. The summed E-state index contributed by atoms with van der Waals surface area (Å²) in [4.78, 5) is 23.1. The molecule has 0 fully saturated rings. The van der Waals surface area contributed by atoms with Crippen molar-refractivity contribution >= 4 is 23.6 Å². The van der Waals surface area contributed by atoms with Crippen molar-refractivity contribution < 1.29 is 14.7 Å². The number of benzene rings is 1. The van der Waals surface area contributed by atoms with Gasteiger partial charge in [0, 0.05) is 4.90 Å². The minimum absolute atomic E-state index is 0.223. The van der Waals surface area contributed by atoms with E-state index >= 15 is 0 Å². The predicted octanol–water partition coefficient (Wildman–Crippen LogP) is 1.98. The SMILES string of the molecule is Cc1cc(C)cc(SCC(=O)NC(C)C(=O)O)c1. The summed E-state index contributed by atoms with van der Waals surface area (Å²) in [6, 6.07) is 5.23. The number of nitrogens with one attached hydrogen (secondary N) is 1. The number of carboxylic acids is 1. The fourth-order valence-corrected chi connectivity index (χ4v) is 2.43. The van der Waals surface area contributed by atoms with Crippen molar-refractivity contribution in [2.75, 3.05) is 5.75 Å². The molecule has 0 spiro atoms. The van der Waals surface area contributed by atoms with E-state index in [1.807, 2.05) is 26.0 Å². The second kappa shape index (κ2) is 6.44. The maximum atomic E-state index is 11.5. The Hall–Kier alpha value is -1.49. The number of carboxylic acid groups (broad SMARTS) is 1. The summed E-state index contributed by atoms with van der Waals surface area (Å²) in [7, 11) is 0. The molecule has 0 aliphatic heterocycles.